The van der Waals surface area contributed by atoms with E-state index in [1.54, 1.807) is 0 Å². The van der Waals surface area contributed by atoms with Crippen LogP contribution in [0.4, 0.5) is 0 Å². The third-order valence-electron chi connectivity index (χ3n) is 3.78. The van der Waals surface area contributed by atoms with Crippen molar-refractivity contribution in [3.63, 3.8) is 0 Å². The Morgan fingerprint density at radius 1 is 1.29 bits per heavy atom. The van der Waals surface area contributed by atoms with Gasteiger partial charge in [-0.15, -0.1) is 0 Å². The first-order valence-corrected chi connectivity index (χ1v) is 9.62. The minimum absolute atomic E-state index is 0.0201. The first kappa shape index (κ1) is 18.7. The fourth-order valence-electron chi connectivity index (χ4n) is 2.47. The predicted octanol–water partition coefficient (Wildman–Crippen LogP) is 2.98. The first-order valence-electron chi connectivity index (χ1n) is 7.80. The van der Waals surface area contributed by atoms with Gasteiger partial charge >= 0.3 is 5.97 Å². The lowest BCUT2D eigenvalue weighted by Crippen LogP contribution is -2.35. The third-order valence-corrected chi connectivity index (χ3v) is 6.00. The summed E-state index contributed by atoms with van der Waals surface area (Å²) in [6.07, 6.45) is 3.39. The molecule has 6 nitrogen and oxygen atoms in total. The highest BCUT2D eigenvalue weighted by Gasteiger charge is 2.27. The summed E-state index contributed by atoms with van der Waals surface area (Å²) in [5, 5.41) is 8.60. The van der Waals surface area contributed by atoms with Crippen molar-refractivity contribution in [3.8, 4) is 6.07 Å². The number of sulfonamides is 1. The van der Waals surface area contributed by atoms with Crippen molar-refractivity contribution >= 4 is 27.6 Å². The summed E-state index contributed by atoms with van der Waals surface area (Å²) in [7, 11) is -3.64. The van der Waals surface area contributed by atoms with Gasteiger partial charge in [-0.3, -0.25) is 0 Å². The number of nitriles is 1. The molecule has 1 saturated heterocycles. The fraction of sp³-hybridized carbons (Fsp3) is 0.500. The molecule has 0 atom stereocenters. The first-order chi connectivity index (χ1) is 11.5. The van der Waals surface area contributed by atoms with Crippen molar-refractivity contribution in [2.75, 3.05) is 19.7 Å². The number of hydrogen-bond acceptors (Lipinski definition) is 5. The van der Waals surface area contributed by atoms with Crippen molar-refractivity contribution in [1.29, 1.82) is 5.26 Å². The molecule has 0 saturated carbocycles. The van der Waals surface area contributed by atoms with Crippen molar-refractivity contribution < 1.29 is 17.9 Å². The Morgan fingerprint density at radius 2 is 2.00 bits per heavy atom. The van der Waals surface area contributed by atoms with E-state index in [-0.39, 0.29) is 28.5 Å². The Labute approximate surface area is 147 Å². The molecule has 1 heterocycles. The summed E-state index contributed by atoms with van der Waals surface area (Å²) < 4.78 is 31.8. The highest BCUT2D eigenvalue weighted by molar-refractivity contribution is 7.89. The van der Waals surface area contributed by atoms with E-state index in [4.69, 9.17) is 21.6 Å². The van der Waals surface area contributed by atoms with Crippen molar-refractivity contribution in [1.82, 2.24) is 4.31 Å². The van der Waals surface area contributed by atoms with E-state index < -0.39 is 16.0 Å². The fourth-order valence-corrected chi connectivity index (χ4v) is 4.21. The quantitative estimate of drug-likeness (QED) is 0.567. The monoisotopic (exact) mass is 370 g/mol. The molecule has 1 aromatic carbocycles. The van der Waals surface area contributed by atoms with Gasteiger partial charge in [0.15, 0.2) is 0 Å². The summed E-state index contributed by atoms with van der Waals surface area (Å²) in [6, 6.07) is 6.01. The number of hydrogen-bond donors (Lipinski definition) is 0. The van der Waals surface area contributed by atoms with Gasteiger partial charge < -0.3 is 4.74 Å². The van der Waals surface area contributed by atoms with E-state index in [1.165, 1.54) is 22.5 Å². The van der Waals surface area contributed by atoms with Gasteiger partial charge in [0.05, 0.1) is 28.2 Å². The third kappa shape index (κ3) is 4.47. The Kier molecular flexibility index (Phi) is 6.60. The highest BCUT2D eigenvalue weighted by Crippen LogP contribution is 2.25. The summed E-state index contributed by atoms with van der Waals surface area (Å²) in [5.41, 5.74) is 0.0201. The van der Waals surface area contributed by atoms with E-state index in [0.717, 1.165) is 19.3 Å². The Balaban J connectivity index is 2.18. The number of benzene rings is 1. The molecule has 1 fully saturated rings. The van der Waals surface area contributed by atoms with Gasteiger partial charge in [0, 0.05) is 19.5 Å². The molecule has 1 aliphatic rings. The summed E-state index contributed by atoms with van der Waals surface area (Å²) in [4.78, 5) is 12.1. The van der Waals surface area contributed by atoms with Crippen LogP contribution in [-0.4, -0.2) is 38.4 Å². The number of unbranched alkanes of at least 4 members (excludes halogenated alkanes) is 1. The lowest BCUT2D eigenvalue weighted by Gasteiger charge is -2.26. The predicted molar refractivity (Wildman–Crippen MR) is 89.2 cm³/mol. The number of carbonyl (C=O) groups is 1. The minimum Gasteiger partial charge on any atom is -0.462 e. The number of rotatable bonds is 6. The average Bonchev–Trinajstić information content (AvgIpc) is 2.59. The zero-order valence-corrected chi connectivity index (χ0v) is 14.8. The Hall–Kier alpha value is -1.62. The van der Waals surface area contributed by atoms with Crippen LogP contribution in [0.5, 0.6) is 0 Å². The van der Waals surface area contributed by atoms with E-state index in [0.29, 0.717) is 19.5 Å². The van der Waals surface area contributed by atoms with Crippen molar-refractivity contribution in [2.45, 2.75) is 37.0 Å². The van der Waals surface area contributed by atoms with Gasteiger partial charge in [0.25, 0.3) is 0 Å². The normalized spacial score (nSPS) is 15.7. The lowest BCUT2D eigenvalue weighted by molar-refractivity contribution is 0.0501. The van der Waals surface area contributed by atoms with Crippen LogP contribution in [-0.2, 0) is 14.8 Å². The zero-order valence-electron chi connectivity index (χ0n) is 13.2. The number of ether oxygens (including phenoxy) is 1. The molecule has 2 rings (SSSR count). The zero-order chi connectivity index (χ0) is 17.6. The second-order valence-corrected chi connectivity index (χ2v) is 7.85. The molecule has 130 valence electrons. The van der Waals surface area contributed by atoms with Crippen LogP contribution < -0.4 is 0 Å². The maximum absolute atomic E-state index is 12.7. The van der Waals surface area contributed by atoms with Crippen LogP contribution in [0.15, 0.2) is 23.1 Å². The van der Waals surface area contributed by atoms with Crippen LogP contribution in [0.3, 0.4) is 0 Å². The lowest BCUT2D eigenvalue weighted by atomic mass is 10.2. The van der Waals surface area contributed by atoms with E-state index in [9.17, 15) is 13.2 Å². The molecule has 8 heteroatoms. The van der Waals surface area contributed by atoms with Crippen molar-refractivity contribution in [2.24, 2.45) is 0 Å². The molecule has 1 aromatic rings. The SMILES string of the molecule is N#CCCCOC(=O)c1cc(S(=O)(=O)N2CCCCC2)ccc1Cl. The molecule has 0 amide bonds. The number of piperidine rings is 1. The van der Waals surface area contributed by atoms with Crippen LogP contribution in [0.2, 0.25) is 5.02 Å². The molecule has 1 aliphatic heterocycles. The molecule has 0 aliphatic carbocycles. The molecular weight excluding hydrogens is 352 g/mol. The highest BCUT2D eigenvalue weighted by atomic mass is 35.5. The summed E-state index contributed by atoms with van der Waals surface area (Å²) >= 11 is 6.01. The van der Waals surface area contributed by atoms with Crippen LogP contribution >= 0.6 is 11.6 Å². The molecule has 0 spiro atoms. The van der Waals surface area contributed by atoms with Crippen LogP contribution in [0.1, 0.15) is 42.5 Å². The standard InChI is InChI=1S/C16H19ClN2O4S/c17-15-7-6-13(24(21,22)19-9-3-1-4-10-19)12-14(15)16(20)23-11-5-2-8-18/h6-7,12H,1-5,9-11H2. The second kappa shape index (κ2) is 8.47. The molecule has 0 bridgehead atoms. The Morgan fingerprint density at radius 3 is 2.67 bits per heavy atom. The minimum atomic E-state index is -3.64. The van der Waals surface area contributed by atoms with E-state index in [2.05, 4.69) is 0 Å². The number of halogens is 1. The molecule has 0 aromatic heterocycles. The van der Waals surface area contributed by atoms with Crippen LogP contribution in [0, 0.1) is 11.3 Å². The van der Waals surface area contributed by atoms with Crippen LogP contribution in [0.25, 0.3) is 0 Å². The van der Waals surface area contributed by atoms with Gasteiger partial charge in [-0.2, -0.15) is 9.57 Å². The van der Waals surface area contributed by atoms with E-state index >= 15 is 0 Å². The van der Waals surface area contributed by atoms with Crippen molar-refractivity contribution in [3.05, 3.63) is 28.8 Å². The van der Waals surface area contributed by atoms with Gasteiger partial charge in [0.1, 0.15) is 0 Å². The number of nitrogens with zero attached hydrogens (tertiary/aromatic N) is 2. The maximum atomic E-state index is 12.7. The van der Waals surface area contributed by atoms with E-state index in [1.807, 2.05) is 6.07 Å². The molecule has 24 heavy (non-hydrogen) atoms. The largest absolute Gasteiger partial charge is 0.462 e. The molecular formula is C16H19ClN2O4S. The summed E-state index contributed by atoms with van der Waals surface area (Å²) in [5.74, 6) is -0.686. The van der Waals surface area contributed by atoms with Gasteiger partial charge in [0.2, 0.25) is 10.0 Å². The molecule has 0 N–H and O–H groups in total. The Bertz CT molecular complexity index is 737. The smallest absolute Gasteiger partial charge is 0.339 e. The molecule has 0 radical (unpaired) electrons. The average molecular weight is 371 g/mol. The topological polar surface area (TPSA) is 87.5 Å². The summed E-state index contributed by atoms with van der Waals surface area (Å²) in [6.45, 7) is 1.06. The van der Waals surface area contributed by atoms with Gasteiger partial charge in [-0.25, -0.2) is 13.2 Å². The second-order valence-electron chi connectivity index (χ2n) is 5.50. The number of carbonyl (C=O) groups excluding carboxylic acids is 1. The number of esters is 1. The van der Waals surface area contributed by atoms with Gasteiger partial charge in [-0.1, -0.05) is 18.0 Å². The maximum Gasteiger partial charge on any atom is 0.339 e. The molecule has 0 unspecified atom stereocenters. The van der Waals surface area contributed by atoms with Gasteiger partial charge in [-0.05, 0) is 37.5 Å².